The number of aliphatic hydroxyl groups is 6. The van der Waals surface area contributed by atoms with Crippen LogP contribution in [-0.4, -0.2) is 99.7 Å². The van der Waals surface area contributed by atoms with Gasteiger partial charge in [-0.05, 0) is 99.6 Å². The van der Waals surface area contributed by atoms with Crippen molar-refractivity contribution in [2.24, 2.45) is 34.4 Å². The number of nitrogens with zero attached hydrogens (tertiary/aromatic N) is 1. The summed E-state index contributed by atoms with van der Waals surface area (Å²) in [4.78, 5) is 4.99. The van der Waals surface area contributed by atoms with Gasteiger partial charge in [0.05, 0.1) is 24.2 Å². The molecule has 1 unspecified atom stereocenters. The number of aliphatic hydroxyl groups excluding tert-OH is 4. The summed E-state index contributed by atoms with van der Waals surface area (Å²) >= 11 is 0. The van der Waals surface area contributed by atoms with Crippen molar-refractivity contribution in [3.05, 3.63) is 101 Å². The Hall–Kier alpha value is -3.65. The van der Waals surface area contributed by atoms with Gasteiger partial charge in [-0.2, -0.15) is 0 Å². The molecule has 2 heterocycles. The summed E-state index contributed by atoms with van der Waals surface area (Å²) in [6.45, 7) is 3.06. The fraction of sp³-hybridized carbons (Fsp3) is 0.588. The second-order valence-electron chi connectivity index (χ2n) is 18.7. The molecule has 0 aromatic heterocycles. The molecule has 11 nitrogen and oxygen atoms in total. The molecule has 0 spiro atoms. The third-order valence-corrected chi connectivity index (χ3v) is 14.1. The number of unbranched alkanes of at least 4 members (excludes halogenated alkanes) is 3. The van der Waals surface area contributed by atoms with Crippen molar-refractivity contribution in [3.63, 3.8) is 0 Å². The molecule has 62 heavy (non-hydrogen) atoms. The Bertz CT molecular complexity index is 1880. The van der Waals surface area contributed by atoms with Crippen LogP contribution in [0.5, 0.6) is 11.5 Å². The number of hydrogen-bond donors (Lipinski definition) is 8. The van der Waals surface area contributed by atoms with E-state index in [2.05, 4.69) is 28.9 Å². The molecule has 3 aliphatic carbocycles. The third kappa shape index (κ3) is 11.7. The number of ether oxygens (including phenoxy) is 2. The van der Waals surface area contributed by atoms with E-state index in [1.54, 1.807) is 6.07 Å². The number of fused-ring (bicyclic) bond motifs is 3. The zero-order valence-corrected chi connectivity index (χ0v) is 37.0. The lowest BCUT2D eigenvalue weighted by Crippen LogP contribution is -2.50. The number of rotatable bonds is 23. The zero-order chi connectivity index (χ0) is 43.6. The quantitative estimate of drug-likeness (QED) is 0.0369. The third-order valence-electron chi connectivity index (χ3n) is 14.1. The molecular formula is C51H73N4O7+. The number of aromatic hydroxyl groups is 1. The van der Waals surface area contributed by atoms with E-state index in [1.807, 2.05) is 56.4 Å². The molecule has 2 aliphatic heterocycles. The Kier molecular flexibility index (Phi) is 16.7. The van der Waals surface area contributed by atoms with Crippen molar-refractivity contribution >= 4 is 11.8 Å². The van der Waals surface area contributed by atoms with Crippen LogP contribution in [0.15, 0.2) is 77.0 Å². The number of nitrogens with one attached hydrogen (secondary N) is 2. The van der Waals surface area contributed by atoms with E-state index in [0.717, 1.165) is 98.4 Å². The molecular weight excluding hydrogens is 781 g/mol. The Morgan fingerprint density at radius 1 is 1.06 bits per heavy atom. The Balaban J connectivity index is 0.843. The predicted molar refractivity (Wildman–Crippen MR) is 246 cm³/mol. The fourth-order valence-corrected chi connectivity index (χ4v) is 10.8. The average Bonchev–Trinajstić information content (AvgIpc) is 4.00. The smallest absolute Gasteiger partial charge is 0.208 e. The normalized spacial score (nSPS) is 26.2. The first-order valence-corrected chi connectivity index (χ1v) is 23.6. The number of allylic oxidation sites excluding steroid dienone is 1. The fourth-order valence-electron chi connectivity index (χ4n) is 10.8. The Morgan fingerprint density at radius 2 is 1.90 bits per heavy atom. The molecule has 11 heteroatoms. The van der Waals surface area contributed by atoms with Gasteiger partial charge in [0.1, 0.15) is 30.4 Å². The minimum atomic E-state index is -0.958. The van der Waals surface area contributed by atoms with E-state index in [-0.39, 0.29) is 49.0 Å². The maximum atomic E-state index is 11.4. The summed E-state index contributed by atoms with van der Waals surface area (Å²) in [5.74, 6) is 3.03. The van der Waals surface area contributed by atoms with Gasteiger partial charge in [-0.15, -0.1) is 16.6 Å². The predicted octanol–water partition coefficient (Wildman–Crippen LogP) is 6.16. The molecule has 7 rings (SSSR count). The number of phenols is 1. The summed E-state index contributed by atoms with van der Waals surface area (Å²) in [7, 11) is 1.97. The number of benzene rings is 2. The van der Waals surface area contributed by atoms with E-state index in [9.17, 15) is 25.5 Å². The van der Waals surface area contributed by atoms with Crippen LogP contribution >= 0.6 is 0 Å². The van der Waals surface area contributed by atoms with Gasteiger partial charge in [0.15, 0.2) is 17.6 Å². The summed E-state index contributed by atoms with van der Waals surface area (Å²) in [6, 6.07) is 13.6. The van der Waals surface area contributed by atoms with Crippen molar-refractivity contribution in [1.29, 1.82) is 0 Å². The van der Waals surface area contributed by atoms with Crippen molar-refractivity contribution in [1.82, 2.24) is 10.6 Å². The highest BCUT2D eigenvalue weighted by atomic mass is 16.5. The molecule has 0 saturated heterocycles. The minimum absolute atomic E-state index is 0.00260. The number of hydrogen-bond acceptors (Lipinski definition) is 10. The number of phenolic OH excluding ortho intramolecular Hbond substituents is 1. The van der Waals surface area contributed by atoms with Crippen molar-refractivity contribution < 1.29 is 35.0 Å². The van der Waals surface area contributed by atoms with E-state index in [4.69, 9.17) is 20.2 Å². The second kappa shape index (κ2) is 22.3. The molecule has 2 saturated carbocycles. The molecule has 0 bridgehead atoms. The van der Waals surface area contributed by atoms with E-state index < -0.39 is 18.3 Å². The summed E-state index contributed by atoms with van der Waals surface area (Å²) in [6.07, 6.45) is 21.3. The summed E-state index contributed by atoms with van der Waals surface area (Å²) in [5, 5.41) is 60.3. The lowest BCUT2D eigenvalue weighted by molar-refractivity contribution is -0.0552. The van der Waals surface area contributed by atoms with Crippen LogP contribution in [0, 0.1) is 35.7 Å². The monoisotopic (exact) mass is 854 g/mol. The molecule has 10 N–H and O–H groups in total. The van der Waals surface area contributed by atoms with Gasteiger partial charge in [0, 0.05) is 50.5 Å². The van der Waals surface area contributed by atoms with Gasteiger partial charge >= 0.3 is 0 Å². The molecule has 2 aromatic rings. The van der Waals surface area contributed by atoms with Crippen molar-refractivity contribution in [3.8, 4) is 11.5 Å². The molecule has 338 valence electrons. The number of nitrogens with two attached hydrogens (primary N) is 1. The van der Waals surface area contributed by atoms with Crippen LogP contribution in [-0.2, 0) is 6.42 Å². The van der Waals surface area contributed by atoms with Crippen LogP contribution in [0.1, 0.15) is 113 Å². The molecule has 10 atom stereocenters. The molecule has 0 radical (unpaired) electrons. The SMILES string of the molecule is CNC[C@H](NC[C@H](C)O)[C@H]1[C+]2C=C([C@@H](O)COc3cc(CC[C-]4C=C(CO)C(CCCCCC[C@H](N)C[C@H]5C=Cc6ccccc6[C@H]5O)[OH+]4)ccc3O)N=C2CC[C@H]2CCC[C@@H]21. The highest BCUT2D eigenvalue weighted by molar-refractivity contribution is 6.03. The lowest BCUT2D eigenvalue weighted by Gasteiger charge is -2.33. The molecule has 2 aromatic carbocycles. The highest BCUT2D eigenvalue weighted by Crippen LogP contribution is 2.50. The average molecular weight is 854 g/mol. The first kappa shape index (κ1) is 46.3. The van der Waals surface area contributed by atoms with Crippen molar-refractivity contribution in [2.75, 3.05) is 33.4 Å². The van der Waals surface area contributed by atoms with Crippen LogP contribution < -0.4 is 21.1 Å². The summed E-state index contributed by atoms with van der Waals surface area (Å²) in [5.41, 5.74) is 12.2. The Labute approximate surface area is 369 Å². The molecule has 2 fully saturated rings. The van der Waals surface area contributed by atoms with Crippen LogP contribution in [0.4, 0.5) is 0 Å². The van der Waals surface area contributed by atoms with Gasteiger partial charge in [0.25, 0.3) is 0 Å². The molecule has 5 aliphatic rings. The van der Waals surface area contributed by atoms with Gasteiger partial charge in [0.2, 0.25) is 5.70 Å². The largest absolute Gasteiger partial charge is 0.504 e. The first-order valence-electron chi connectivity index (χ1n) is 23.6. The van der Waals surface area contributed by atoms with Crippen LogP contribution in [0.2, 0.25) is 0 Å². The maximum Gasteiger partial charge on any atom is 0.208 e. The zero-order valence-electron chi connectivity index (χ0n) is 37.0. The summed E-state index contributed by atoms with van der Waals surface area (Å²) < 4.78 is 11.1. The van der Waals surface area contributed by atoms with E-state index in [0.29, 0.717) is 42.7 Å². The van der Waals surface area contributed by atoms with Crippen LogP contribution in [0.3, 0.4) is 0 Å². The number of likely N-dealkylation sites (N-methyl/N-ethyl adjacent to an activating group) is 1. The second-order valence-corrected chi connectivity index (χ2v) is 18.7. The topological polar surface area (TPSA) is 186 Å². The van der Waals surface area contributed by atoms with Gasteiger partial charge in [-0.1, -0.05) is 74.6 Å². The van der Waals surface area contributed by atoms with Gasteiger partial charge < -0.3 is 51.4 Å². The van der Waals surface area contributed by atoms with E-state index in [1.165, 1.54) is 25.2 Å². The Morgan fingerprint density at radius 3 is 2.73 bits per heavy atom. The number of aryl methyl sites for hydroxylation is 1. The van der Waals surface area contributed by atoms with Gasteiger partial charge in [-0.25, -0.2) is 0 Å². The lowest BCUT2D eigenvalue weighted by atomic mass is 9.72. The van der Waals surface area contributed by atoms with Crippen LogP contribution in [0.25, 0.3) is 6.08 Å². The van der Waals surface area contributed by atoms with E-state index >= 15 is 0 Å². The highest BCUT2D eigenvalue weighted by Gasteiger charge is 2.52. The minimum Gasteiger partial charge on any atom is -0.504 e. The first-order chi connectivity index (χ1) is 30.1. The van der Waals surface area contributed by atoms with Crippen molar-refractivity contribution in [2.45, 2.75) is 133 Å². The van der Waals surface area contributed by atoms with Gasteiger partial charge in [-0.3, -0.25) is 0 Å². The standard InChI is InChI=1S/C51H72N4O7/c1-32(57)28-54-45(29-53-2)50-40-14-9-11-34(40)20-22-43-42(50)27-44(55-43)47(59)31-61-49-24-33(17-23-46(49)58)16-21-39-26-37(30-56)48(62-39)15-6-4-3-5-12-38(52)25-36-19-18-35-10-7-8-13-41(35)51(36)60/h7-8,10,13,17-19,23-24,26-27,32,34,36,38,40,45,47-48,50-51,53-54,56-57,59-60,62H,3-6,9,11-12,14-16,20-22,25,28-31,52H2,1-2H3/p+1/t32-,34+,36+,38-,40-,45-,47-,48?,50+,51-/m0/s1. The molecule has 0 amide bonds. The number of aliphatic imine (C=N–C) groups is 1. The maximum absolute atomic E-state index is 11.4.